The van der Waals surface area contributed by atoms with Gasteiger partial charge in [-0.25, -0.2) is 29.5 Å². The summed E-state index contributed by atoms with van der Waals surface area (Å²) in [6.07, 6.45) is 3.66. The molecule has 0 saturated carbocycles. The summed E-state index contributed by atoms with van der Waals surface area (Å²) in [7, 11) is 0. The van der Waals surface area contributed by atoms with E-state index < -0.39 is 11.9 Å². The van der Waals surface area contributed by atoms with Gasteiger partial charge in [0.2, 0.25) is 5.82 Å². The van der Waals surface area contributed by atoms with E-state index in [0.717, 1.165) is 0 Å². The second-order valence-electron chi connectivity index (χ2n) is 5.03. The average molecular weight is 353 g/mol. The van der Waals surface area contributed by atoms with E-state index in [9.17, 15) is 9.59 Å². The standard InChI is InChI=1S/C15H11N7O4/c16-11-9(7-4-19-13(15(25)26)20-5-7)21-12(17)10(22-11)8-2-1-6(3-18-8)14(23)24/h1-5H,(H2,16,22)(H2,17,21)(H,23,24)(H,25,26). The number of nitrogens with two attached hydrogens (primary N) is 2. The van der Waals surface area contributed by atoms with E-state index in [4.69, 9.17) is 21.7 Å². The lowest BCUT2D eigenvalue weighted by Gasteiger charge is -2.09. The number of pyridine rings is 1. The molecule has 3 heterocycles. The zero-order valence-electron chi connectivity index (χ0n) is 13.0. The van der Waals surface area contributed by atoms with Crippen LogP contribution in [0.25, 0.3) is 22.6 Å². The van der Waals surface area contributed by atoms with Gasteiger partial charge in [0.1, 0.15) is 11.4 Å². The molecule has 3 aromatic rings. The number of anilines is 2. The highest BCUT2D eigenvalue weighted by Gasteiger charge is 2.16. The van der Waals surface area contributed by atoms with E-state index >= 15 is 0 Å². The van der Waals surface area contributed by atoms with E-state index in [1.54, 1.807) is 0 Å². The summed E-state index contributed by atoms with van der Waals surface area (Å²) in [5, 5.41) is 17.7. The Balaban J connectivity index is 2.00. The van der Waals surface area contributed by atoms with Crippen LogP contribution in [0.4, 0.5) is 11.6 Å². The largest absolute Gasteiger partial charge is 0.478 e. The molecule has 0 aliphatic rings. The normalized spacial score (nSPS) is 10.5. The Morgan fingerprint density at radius 2 is 1.42 bits per heavy atom. The summed E-state index contributed by atoms with van der Waals surface area (Å²) in [4.78, 5) is 41.4. The maximum absolute atomic E-state index is 10.9. The zero-order valence-corrected chi connectivity index (χ0v) is 13.0. The van der Waals surface area contributed by atoms with Crippen LogP contribution < -0.4 is 11.5 Å². The molecule has 3 aromatic heterocycles. The van der Waals surface area contributed by atoms with Crippen LogP contribution in [0.3, 0.4) is 0 Å². The molecule has 0 unspecified atom stereocenters. The Bertz CT molecular complexity index is 921. The molecule has 0 aliphatic heterocycles. The van der Waals surface area contributed by atoms with Crippen molar-refractivity contribution in [3.05, 3.63) is 42.1 Å². The van der Waals surface area contributed by atoms with Gasteiger partial charge in [-0.1, -0.05) is 0 Å². The van der Waals surface area contributed by atoms with Crippen LogP contribution >= 0.6 is 0 Å². The Morgan fingerprint density at radius 3 is 1.96 bits per heavy atom. The fourth-order valence-corrected chi connectivity index (χ4v) is 2.08. The lowest BCUT2D eigenvalue weighted by Crippen LogP contribution is -2.07. The summed E-state index contributed by atoms with van der Waals surface area (Å²) in [6, 6.07) is 2.79. The number of nitrogen functional groups attached to an aromatic ring is 2. The molecular weight excluding hydrogens is 342 g/mol. The maximum Gasteiger partial charge on any atom is 0.373 e. The van der Waals surface area contributed by atoms with Crippen molar-refractivity contribution in [3.8, 4) is 22.6 Å². The first kappa shape index (κ1) is 16.7. The molecule has 0 atom stereocenters. The zero-order chi connectivity index (χ0) is 18.8. The smallest absolute Gasteiger partial charge is 0.373 e. The SMILES string of the molecule is Nc1nc(-c2ccc(C(=O)O)cn2)c(N)nc1-c1cnc(C(=O)O)nc1. The maximum atomic E-state index is 10.9. The number of carboxylic acid groups (broad SMARTS) is 2. The number of aromatic carboxylic acids is 2. The lowest BCUT2D eigenvalue weighted by atomic mass is 10.2. The van der Waals surface area contributed by atoms with Gasteiger partial charge in [-0.05, 0) is 12.1 Å². The third-order valence-corrected chi connectivity index (χ3v) is 3.32. The highest BCUT2D eigenvalue weighted by atomic mass is 16.4. The number of rotatable bonds is 4. The van der Waals surface area contributed by atoms with Gasteiger partial charge in [-0.3, -0.25) is 4.98 Å². The van der Waals surface area contributed by atoms with E-state index in [1.807, 2.05) is 0 Å². The lowest BCUT2D eigenvalue weighted by molar-refractivity contribution is 0.0677. The van der Waals surface area contributed by atoms with Crippen LogP contribution in [0.15, 0.2) is 30.7 Å². The van der Waals surface area contributed by atoms with Crippen LogP contribution in [0.2, 0.25) is 0 Å². The molecule has 11 heteroatoms. The molecule has 0 radical (unpaired) electrons. The fraction of sp³-hybridized carbons (Fsp3) is 0. The predicted octanol–water partition coefficient (Wildman–Crippen LogP) is 0.556. The van der Waals surface area contributed by atoms with Crippen molar-refractivity contribution < 1.29 is 19.8 Å². The van der Waals surface area contributed by atoms with Gasteiger partial charge in [0.15, 0.2) is 11.6 Å². The Kier molecular flexibility index (Phi) is 4.11. The molecule has 0 aliphatic carbocycles. The van der Waals surface area contributed by atoms with Crippen LogP contribution in [-0.4, -0.2) is 47.1 Å². The van der Waals surface area contributed by atoms with Gasteiger partial charge in [0.25, 0.3) is 0 Å². The highest BCUT2D eigenvalue weighted by Crippen LogP contribution is 2.28. The number of hydrogen-bond acceptors (Lipinski definition) is 9. The second kappa shape index (κ2) is 6.39. The number of aromatic nitrogens is 5. The molecule has 0 amide bonds. The molecule has 3 rings (SSSR count). The van der Waals surface area contributed by atoms with Gasteiger partial charge in [-0.2, -0.15) is 0 Å². The number of carboxylic acids is 2. The molecule has 0 aromatic carbocycles. The van der Waals surface area contributed by atoms with Crippen molar-refractivity contribution in [2.24, 2.45) is 0 Å². The van der Waals surface area contributed by atoms with Gasteiger partial charge in [-0.15, -0.1) is 0 Å². The molecule has 0 fully saturated rings. The number of nitrogens with zero attached hydrogens (tertiary/aromatic N) is 5. The Hall–Kier alpha value is -4.15. The first-order valence-electron chi connectivity index (χ1n) is 7.05. The molecule has 0 bridgehead atoms. The van der Waals surface area contributed by atoms with Gasteiger partial charge < -0.3 is 21.7 Å². The molecule has 6 N–H and O–H groups in total. The Morgan fingerprint density at radius 1 is 0.808 bits per heavy atom. The summed E-state index contributed by atoms with van der Waals surface area (Å²) in [5.74, 6) is -2.73. The highest BCUT2D eigenvalue weighted by molar-refractivity contribution is 5.88. The predicted molar refractivity (Wildman–Crippen MR) is 89.0 cm³/mol. The van der Waals surface area contributed by atoms with Crippen molar-refractivity contribution in [2.75, 3.05) is 11.5 Å². The van der Waals surface area contributed by atoms with E-state index in [0.29, 0.717) is 11.3 Å². The van der Waals surface area contributed by atoms with Gasteiger partial charge >= 0.3 is 11.9 Å². The topological polar surface area (TPSA) is 191 Å². The molecule has 130 valence electrons. The number of carbonyl (C=O) groups is 2. The minimum atomic E-state index is -1.26. The van der Waals surface area contributed by atoms with Crippen molar-refractivity contribution >= 4 is 23.6 Å². The fourth-order valence-electron chi connectivity index (χ4n) is 2.08. The van der Waals surface area contributed by atoms with Crippen molar-refractivity contribution in [1.82, 2.24) is 24.9 Å². The Labute approximate surface area is 145 Å². The third kappa shape index (κ3) is 3.08. The van der Waals surface area contributed by atoms with Crippen molar-refractivity contribution in [3.63, 3.8) is 0 Å². The molecule has 0 spiro atoms. The van der Waals surface area contributed by atoms with Gasteiger partial charge in [0, 0.05) is 24.2 Å². The first-order chi connectivity index (χ1) is 12.4. The monoisotopic (exact) mass is 353 g/mol. The summed E-state index contributed by atoms with van der Waals surface area (Å²) < 4.78 is 0. The van der Waals surface area contributed by atoms with E-state index in [1.165, 1.54) is 30.7 Å². The van der Waals surface area contributed by atoms with Crippen LogP contribution in [0.5, 0.6) is 0 Å². The third-order valence-electron chi connectivity index (χ3n) is 3.32. The van der Waals surface area contributed by atoms with Crippen LogP contribution in [-0.2, 0) is 0 Å². The minimum absolute atomic E-state index is 0.00462. The summed E-state index contributed by atoms with van der Waals surface area (Å²) >= 11 is 0. The van der Waals surface area contributed by atoms with E-state index in [-0.39, 0.29) is 34.4 Å². The molecule has 0 saturated heterocycles. The molecular formula is C15H11N7O4. The van der Waals surface area contributed by atoms with Crippen molar-refractivity contribution in [2.45, 2.75) is 0 Å². The second-order valence-corrected chi connectivity index (χ2v) is 5.03. The van der Waals surface area contributed by atoms with E-state index in [2.05, 4.69) is 24.9 Å². The van der Waals surface area contributed by atoms with Crippen LogP contribution in [0, 0.1) is 0 Å². The summed E-state index contributed by atoms with van der Waals surface area (Å²) in [6.45, 7) is 0. The average Bonchev–Trinajstić information content (AvgIpc) is 2.63. The first-order valence-corrected chi connectivity index (χ1v) is 7.05. The van der Waals surface area contributed by atoms with Crippen molar-refractivity contribution in [1.29, 1.82) is 0 Å². The number of hydrogen-bond donors (Lipinski definition) is 4. The quantitative estimate of drug-likeness (QED) is 0.512. The molecule has 26 heavy (non-hydrogen) atoms. The minimum Gasteiger partial charge on any atom is -0.478 e. The molecule has 11 nitrogen and oxygen atoms in total. The van der Waals surface area contributed by atoms with Crippen LogP contribution in [0.1, 0.15) is 21.0 Å². The van der Waals surface area contributed by atoms with Gasteiger partial charge in [0.05, 0.1) is 11.3 Å². The summed E-state index contributed by atoms with van der Waals surface area (Å²) in [5.41, 5.74) is 12.9.